The highest BCUT2D eigenvalue weighted by Crippen LogP contribution is 2.56. The second kappa shape index (κ2) is 4.58. The third-order valence-corrected chi connectivity index (χ3v) is 5.48. The van der Waals surface area contributed by atoms with Crippen LogP contribution in [0.25, 0.3) is 0 Å². The van der Waals surface area contributed by atoms with E-state index in [4.69, 9.17) is 9.47 Å². The highest BCUT2D eigenvalue weighted by atomic mass is 16.5. The average molecular weight is 316 g/mol. The summed E-state index contributed by atoms with van der Waals surface area (Å²) in [5.41, 5.74) is 1.71. The number of carbonyl (C=O) groups excluding carboxylic acids is 1. The van der Waals surface area contributed by atoms with Gasteiger partial charge in [-0.1, -0.05) is 12.2 Å². The van der Waals surface area contributed by atoms with Crippen molar-refractivity contribution in [1.82, 2.24) is 0 Å². The number of aliphatic hydroxyl groups excluding tert-OH is 1. The van der Waals surface area contributed by atoms with Crippen molar-refractivity contribution in [2.75, 3.05) is 21.2 Å². The number of quaternary nitrogens is 1. The lowest BCUT2D eigenvalue weighted by molar-refractivity contribution is -0.827. The Morgan fingerprint density at radius 3 is 2.91 bits per heavy atom. The van der Waals surface area contributed by atoms with Crippen molar-refractivity contribution in [3.05, 3.63) is 35.4 Å². The van der Waals surface area contributed by atoms with Gasteiger partial charge in [-0.2, -0.15) is 0 Å². The summed E-state index contributed by atoms with van der Waals surface area (Å²) in [7, 11) is 5.53. The van der Waals surface area contributed by atoms with Crippen LogP contribution in [0.4, 0.5) is 0 Å². The van der Waals surface area contributed by atoms with Gasteiger partial charge in [0.15, 0.2) is 11.5 Å². The molecule has 0 bridgehead atoms. The molecule has 0 aromatic heterocycles. The van der Waals surface area contributed by atoms with Gasteiger partial charge in [-0.15, -0.1) is 0 Å². The zero-order valence-corrected chi connectivity index (χ0v) is 13.7. The lowest BCUT2D eigenvalue weighted by atomic mass is 9.69. The maximum absolute atomic E-state index is 12.9. The molecule has 122 valence electrons. The van der Waals surface area contributed by atoms with E-state index in [2.05, 4.69) is 0 Å². The minimum Gasteiger partial charge on any atom is -0.493 e. The van der Waals surface area contributed by atoms with E-state index in [0.717, 1.165) is 16.9 Å². The first-order valence-corrected chi connectivity index (χ1v) is 7.98. The van der Waals surface area contributed by atoms with E-state index >= 15 is 0 Å². The molecule has 2 aliphatic heterocycles. The van der Waals surface area contributed by atoms with Crippen LogP contribution in [0.2, 0.25) is 0 Å². The van der Waals surface area contributed by atoms with Gasteiger partial charge in [0, 0.05) is 17.5 Å². The molecular formula is C18H22NO4+. The molecule has 1 aromatic carbocycles. The van der Waals surface area contributed by atoms with E-state index in [0.29, 0.717) is 29.6 Å². The molecule has 2 heterocycles. The molecule has 1 spiro atoms. The summed E-state index contributed by atoms with van der Waals surface area (Å²) in [5, 5.41) is 10.0. The molecule has 1 aliphatic carbocycles. The maximum Gasteiger partial charge on any atom is 0.314 e. The minimum absolute atomic E-state index is 0.183. The van der Waals surface area contributed by atoms with Crippen molar-refractivity contribution in [2.24, 2.45) is 0 Å². The highest BCUT2D eigenvalue weighted by Gasteiger charge is 2.57. The van der Waals surface area contributed by atoms with Gasteiger partial charge < -0.3 is 14.6 Å². The fraction of sp³-hybridized carbons (Fsp3) is 0.500. The Hall–Kier alpha value is -1.85. The monoisotopic (exact) mass is 316 g/mol. The molecule has 0 saturated heterocycles. The number of ether oxygens (including phenoxy) is 2. The van der Waals surface area contributed by atoms with Crippen LogP contribution in [-0.2, 0) is 16.8 Å². The Labute approximate surface area is 135 Å². The number of carbonyl (C=O) groups is 1. The van der Waals surface area contributed by atoms with Gasteiger partial charge in [-0.05, 0) is 12.1 Å². The molecule has 0 saturated carbocycles. The molecule has 0 fully saturated rings. The van der Waals surface area contributed by atoms with Crippen molar-refractivity contribution in [3.8, 4) is 11.5 Å². The number of hydrogen-bond donors (Lipinski definition) is 1. The van der Waals surface area contributed by atoms with Crippen LogP contribution >= 0.6 is 0 Å². The van der Waals surface area contributed by atoms with E-state index in [1.165, 1.54) is 0 Å². The van der Waals surface area contributed by atoms with Gasteiger partial charge in [0.1, 0.15) is 12.6 Å². The fourth-order valence-electron chi connectivity index (χ4n) is 4.20. The molecule has 3 aliphatic rings. The average Bonchev–Trinajstić information content (AvgIpc) is 2.77. The summed E-state index contributed by atoms with van der Waals surface area (Å²) in [5.74, 6) is 1.62. The Kier molecular flexibility index (Phi) is 2.93. The Morgan fingerprint density at radius 1 is 1.39 bits per heavy atom. The molecule has 3 atom stereocenters. The van der Waals surface area contributed by atoms with Gasteiger partial charge in [0.05, 0.1) is 39.1 Å². The first-order valence-electron chi connectivity index (χ1n) is 7.98. The van der Waals surface area contributed by atoms with E-state index in [-0.39, 0.29) is 12.0 Å². The Morgan fingerprint density at radius 2 is 2.17 bits per heavy atom. The highest BCUT2D eigenvalue weighted by molar-refractivity contribution is 5.76. The molecule has 1 amide bonds. The first-order chi connectivity index (χ1) is 10.9. The summed E-state index contributed by atoms with van der Waals surface area (Å²) < 4.78 is 12.0. The molecule has 0 radical (unpaired) electrons. The van der Waals surface area contributed by atoms with Crippen LogP contribution in [0.1, 0.15) is 24.0 Å². The van der Waals surface area contributed by atoms with Crippen molar-refractivity contribution >= 4 is 5.91 Å². The number of benzene rings is 1. The van der Waals surface area contributed by atoms with Gasteiger partial charge in [0.25, 0.3) is 0 Å². The number of rotatable bonds is 1. The Bertz CT molecular complexity index is 724. The van der Waals surface area contributed by atoms with Crippen LogP contribution in [-0.4, -0.2) is 48.9 Å². The number of hydrogen-bond acceptors (Lipinski definition) is 4. The SMILES string of the molecule is COc1ccc2c3c1O[C@H]1C[C@@H](O)C=C[C@@]31CC(=O)[N+](C)(C)C2. The topological polar surface area (TPSA) is 55.8 Å². The zero-order chi connectivity index (χ0) is 16.4. The Balaban J connectivity index is 2.00. The van der Waals surface area contributed by atoms with Crippen LogP contribution < -0.4 is 9.47 Å². The summed E-state index contributed by atoms with van der Waals surface area (Å²) in [4.78, 5) is 12.9. The molecule has 1 N–H and O–H groups in total. The third-order valence-electron chi connectivity index (χ3n) is 5.48. The lowest BCUT2D eigenvalue weighted by Crippen LogP contribution is -2.48. The molecule has 4 rings (SSSR count). The first kappa shape index (κ1) is 14.7. The second-order valence-electron chi connectivity index (χ2n) is 7.35. The minimum atomic E-state index is -0.532. The van der Waals surface area contributed by atoms with E-state index in [9.17, 15) is 9.90 Å². The predicted molar refractivity (Wildman–Crippen MR) is 84.3 cm³/mol. The third kappa shape index (κ3) is 1.90. The summed E-state index contributed by atoms with van der Waals surface area (Å²) in [6.07, 6.45) is 3.92. The maximum atomic E-state index is 12.9. The molecular weight excluding hydrogens is 294 g/mol. The fourth-order valence-corrected chi connectivity index (χ4v) is 4.20. The van der Waals surface area contributed by atoms with Crippen molar-refractivity contribution in [1.29, 1.82) is 0 Å². The summed E-state index contributed by atoms with van der Waals surface area (Å²) >= 11 is 0. The second-order valence-corrected chi connectivity index (χ2v) is 7.35. The molecule has 0 unspecified atom stereocenters. The number of amides is 1. The summed E-state index contributed by atoms with van der Waals surface area (Å²) in [6, 6.07) is 3.96. The largest absolute Gasteiger partial charge is 0.493 e. The van der Waals surface area contributed by atoms with Crippen LogP contribution in [0, 0.1) is 0 Å². The number of methoxy groups -OCH3 is 1. The molecule has 23 heavy (non-hydrogen) atoms. The quantitative estimate of drug-likeness (QED) is 0.630. The van der Waals surface area contributed by atoms with Crippen molar-refractivity contribution < 1.29 is 23.9 Å². The van der Waals surface area contributed by atoms with E-state index in [1.807, 2.05) is 32.3 Å². The van der Waals surface area contributed by atoms with E-state index < -0.39 is 11.5 Å². The molecule has 1 aromatic rings. The normalized spacial score (nSPS) is 33.5. The lowest BCUT2D eigenvalue weighted by Gasteiger charge is -2.35. The standard InChI is InChI=1S/C18H22NO4/c1-19(2)10-11-4-5-13(22-3)17-16(11)18(9-15(19)21)7-6-12(20)8-14(18)23-17/h4-7,12,14,20H,8-10H2,1-3H3/q+1/t12-,14-,18-/m0/s1. The van der Waals surface area contributed by atoms with Gasteiger partial charge >= 0.3 is 5.91 Å². The van der Waals surface area contributed by atoms with Crippen molar-refractivity contribution in [3.63, 3.8) is 0 Å². The van der Waals surface area contributed by atoms with E-state index in [1.54, 1.807) is 13.2 Å². The summed E-state index contributed by atoms with van der Waals surface area (Å²) in [6.45, 7) is 0.638. The molecule has 5 heteroatoms. The number of aliphatic hydroxyl groups is 1. The van der Waals surface area contributed by atoms with Gasteiger partial charge in [0.2, 0.25) is 0 Å². The zero-order valence-electron chi connectivity index (χ0n) is 13.7. The van der Waals surface area contributed by atoms with Crippen molar-refractivity contribution in [2.45, 2.75) is 37.0 Å². The van der Waals surface area contributed by atoms with Crippen LogP contribution in [0.3, 0.4) is 0 Å². The van der Waals surface area contributed by atoms with Gasteiger partial charge in [-0.3, -0.25) is 4.48 Å². The molecule has 5 nitrogen and oxygen atoms in total. The van der Waals surface area contributed by atoms with Crippen LogP contribution in [0.5, 0.6) is 11.5 Å². The number of nitrogens with zero attached hydrogens (tertiary/aromatic N) is 1. The van der Waals surface area contributed by atoms with Crippen LogP contribution in [0.15, 0.2) is 24.3 Å². The van der Waals surface area contributed by atoms with Gasteiger partial charge in [-0.25, -0.2) is 4.79 Å². The predicted octanol–water partition coefficient (Wildman–Crippen LogP) is 1.52. The smallest absolute Gasteiger partial charge is 0.314 e.